The summed E-state index contributed by atoms with van der Waals surface area (Å²) in [6.45, 7) is 10.8. The molecule has 2 rings (SSSR count). The van der Waals surface area contributed by atoms with Crippen LogP contribution in [0.2, 0.25) is 0 Å². The third-order valence-corrected chi connectivity index (χ3v) is 5.13. The predicted octanol–water partition coefficient (Wildman–Crippen LogP) is 2.51. The van der Waals surface area contributed by atoms with Gasteiger partial charge in [-0.1, -0.05) is 6.92 Å². The number of thiazole rings is 1. The summed E-state index contributed by atoms with van der Waals surface area (Å²) in [5, 5.41) is 4.09. The standard InChI is InChI=1S/C15H25N3O2S/c1-5-15(4)10-18(8-9-20-15)14(19)16-7-6-13-11(2)17-12(3)21-13/h5-10H2,1-4H3,(H,16,19). The Labute approximate surface area is 130 Å². The number of amides is 2. The topological polar surface area (TPSA) is 54.5 Å². The van der Waals surface area contributed by atoms with Gasteiger partial charge in [0.15, 0.2) is 0 Å². The van der Waals surface area contributed by atoms with Crippen LogP contribution in [0.3, 0.4) is 0 Å². The van der Waals surface area contributed by atoms with E-state index >= 15 is 0 Å². The monoisotopic (exact) mass is 311 g/mol. The lowest BCUT2D eigenvalue weighted by Gasteiger charge is -2.39. The molecular formula is C15H25N3O2S. The number of nitrogens with zero attached hydrogens (tertiary/aromatic N) is 2. The highest BCUT2D eigenvalue weighted by atomic mass is 32.1. The van der Waals surface area contributed by atoms with Crippen LogP contribution in [-0.4, -0.2) is 47.8 Å². The van der Waals surface area contributed by atoms with Crippen LogP contribution in [0.5, 0.6) is 0 Å². The van der Waals surface area contributed by atoms with E-state index < -0.39 is 0 Å². The second kappa shape index (κ2) is 6.75. The molecule has 1 aromatic rings. The van der Waals surface area contributed by atoms with Gasteiger partial charge in [0.2, 0.25) is 0 Å². The van der Waals surface area contributed by atoms with Gasteiger partial charge in [0.25, 0.3) is 0 Å². The third kappa shape index (κ3) is 4.17. The Morgan fingerprint density at radius 2 is 2.29 bits per heavy atom. The second-order valence-corrected chi connectivity index (χ2v) is 7.08. The van der Waals surface area contributed by atoms with Crippen molar-refractivity contribution in [3.05, 3.63) is 15.6 Å². The van der Waals surface area contributed by atoms with Crippen LogP contribution in [0.25, 0.3) is 0 Å². The molecule has 0 spiro atoms. The highest BCUT2D eigenvalue weighted by molar-refractivity contribution is 7.11. The zero-order valence-corrected chi connectivity index (χ0v) is 14.2. The summed E-state index contributed by atoms with van der Waals surface area (Å²) in [4.78, 5) is 19.8. The number of carbonyl (C=O) groups is 1. The number of hydrogen-bond donors (Lipinski definition) is 1. The fourth-order valence-electron chi connectivity index (χ4n) is 2.52. The van der Waals surface area contributed by atoms with Crippen molar-refractivity contribution in [3.8, 4) is 0 Å². The van der Waals surface area contributed by atoms with Crippen LogP contribution in [0, 0.1) is 13.8 Å². The number of carbonyl (C=O) groups excluding carboxylic acids is 1. The van der Waals surface area contributed by atoms with E-state index in [0.29, 0.717) is 26.2 Å². The van der Waals surface area contributed by atoms with Crippen molar-refractivity contribution in [2.75, 3.05) is 26.2 Å². The number of morpholine rings is 1. The van der Waals surface area contributed by atoms with E-state index in [9.17, 15) is 4.79 Å². The van der Waals surface area contributed by atoms with Crippen LogP contribution in [0.4, 0.5) is 4.79 Å². The van der Waals surface area contributed by atoms with Crippen molar-refractivity contribution in [1.29, 1.82) is 0 Å². The summed E-state index contributed by atoms with van der Waals surface area (Å²) in [7, 11) is 0. The van der Waals surface area contributed by atoms with E-state index in [1.807, 2.05) is 18.7 Å². The van der Waals surface area contributed by atoms with E-state index in [1.165, 1.54) is 4.88 Å². The molecule has 5 nitrogen and oxygen atoms in total. The average molecular weight is 311 g/mol. The fraction of sp³-hybridized carbons (Fsp3) is 0.733. The van der Waals surface area contributed by atoms with Crippen molar-refractivity contribution in [2.24, 2.45) is 0 Å². The Bertz CT molecular complexity index is 503. The van der Waals surface area contributed by atoms with Crippen LogP contribution >= 0.6 is 11.3 Å². The zero-order chi connectivity index (χ0) is 15.5. The Morgan fingerprint density at radius 3 is 2.90 bits per heavy atom. The lowest BCUT2D eigenvalue weighted by Crippen LogP contribution is -2.54. The molecule has 0 aliphatic carbocycles. The molecule has 1 aromatic heterocycles. The van der Waals surface area contributed by atoms with E-state index in [1.54, 1.807) is 11.3 Å². The minimum absolute atomic E-state index is 0.0110. The quantitative estimate of drug-likeness (QED) is 0.929. The molecule has 6 heteroatoms. The molecule has 0 aromatic carbocycles. The van der Waals surface area contributed by atoms with Gasteiger partial charge in [-0.05, 0) is 27.2 Å². The zero-order valence-electron chi connectivity index (χ0n) is 13.4. The van der Waals surface area contributed by atoms with Crippen molar-refractivity contribution in [2.45, 2.75) is 46.1 Å². The Balaban J connectivity index is 1.80. The summed E-state index contributed by atoms with van der Waals surface area (Å²) in [6, 6.07) is 0.0110. The molecule has 118 valence electrons. The maximum absolute atomic E-state index is 12.2. The van der Waals surface area contributed by atoms with E-state index in [4.69, 9.17) is 4.74 Å². The van der Waals surface area contributed by atoms with Crippen molar-refractivity contribution >= 4 is 17.4 Å². The summed E-state index contributed by atoms with van der Waals surface area (Å²) in [5.41, 5.74) is 0.873. The van der Waals surface area contributed by atoms with Crippen LogP contribution in [0.15, 0.2) is 0 Å². The summed E-state index contributed by atoms with van der Waals surface area (Å²) < 4.78 is 5.76. The van der Waals surface area contributed by atoms with E-state index in [0.717, 1.165) is 23.5 Å². The Hall–Kier alpha value is -1.14. The number of nitrogens with one attached hydrogen (secondary N) is 1. The first kappa shape index (κ1) is 16.2. The van der Waals surface area contributed by atoms with Gasteiger partial charge in [-0.25, -0.2) is 9.78 Å². The maximum atomic E-state index is 12.2. The molecule has 1 saturated heterocycles. The first-order valence-electron chi connectivity index (χ1n) is 7.53. The van der Waals surface area contributed by atoms with Gasteiger partial charge < -0.3 is 15.0 Å². The fourth-order valence-corrected chi connectivity index (χ4v) is 3.45. The largest absolute Gasteiger partial charge is 0.372 e. The Kier molecular flexibility index (Phi) is 5.22. The van der Waals surface area contributed by atoms with Gasteiger partial charge in [-0.3, -0.25) is 0 Å². The lowest BCUT2D eigenvalue weighted by molar-refractivity contribution is -0.0872. The Morgan fingerprint density at radius 1 is 1.52 bits per heavy atom. The van der Waals surface area contributed by atoms with Crippen LogP contribution in [-0.2, 0) is 11.2 Å². The molecule has 2 amide bonds. The van der Waals surface area contributed by atoms with Gasteiger partial charge in [0.05, 0.1) is 29.5 Å². The molecule has 21 heavy (non-hydrogen) atoms. The highest BCUT2D eigenvalue weighted by Crippen LogP contribution is 2.21. The number of aryl methyl sites for hydroxylation is 2. The molecule has 0 radical (unpaired) electrons. The lowest BCUT2D eigenvalue weighted by atomic mass is 10.0. The number of ether oxygens (including phenoxy) is 1. The minimum Gasteiger partial charge on any atom is -0.372 e. The van der Waals surface area contributed by atoms with Gasteiger partial charge in [-0.15, -0.1) is 11.3 Å². The van der Waals surface area contributed by atoms with Crippen molar-refractivity contribution < 1.29 is 9.53 Å². The smallest absolute Gasteiger partial charge is 0.317 e. The summed E-state index contributed by atoms with van der Waals surface area (Å²) in [6.07, 6.45) is 1.76. The average Bonchev–Trinajstić information content (AvgIpc) is 2.77. The molecule has 1 atom stereocenters. The molecule has 1 N–H and O–H groups in total. The minimum atomic E-state index is -0.207. The van der Waals surface area contributed by atoms with Crippen molar-refractivity contribution in [1.82, 2.24) is 15.2 Å². The predicted molar refractivity (Wildman–Crippen MR) is 84.9 cm³/mol. The highest BCUT2D eigenvalue weighted by Gasteiger charge is 2.32. The van der Waals surface area contributed by atoms with E-state index in [2.05, 4.69) is 24.1 Å². The summed E-state index contributed by atoms with van der Waals surface area (Å²) in [5.74, 6) is 0. The number of rotatable bonds is 4. The molecule has 0 bridgehead atoms. The maximum Gasteiger partial charge on any atom is 0.317 e. The molecule has 1 unspecified atom stereocenters. The third-order valence-electron chi connectivity index (χ3n) is 4.00. The molecule has 1 aliphatic rings. The van der Waals surface area contributed by atoms with Crippen LogP contribution < -0.4 is 5.32 Å². The molecular weight excluding hydrogens is 286 g/mol. The first-order chi connectivity index (χ1) is 9.93. The first-order valence-corrected chi connectivity index (χ1v) is 8.35. The number of hydrogen-bond acceptors (Lipinski definition) is 4. The van der Waals surface area contributed by atoms with Crippen LogP contribution in [0.1, 0.15) is 35.8 Å². The number of aromatic nitrogens is 1. The second-order valence-electron chi connectivity index (χ2n) is 5.80. The normalized spacial score (nSPS) is 22.4. The molecule has 1 fully saturated rings. The SMILES string of the molecule is CCC1(C)CN(C(=O)NCCc2sc(C)nc2C)CCO1. The van der Waals surface area contributed by atoms with Gasteiger partial charge in [0, 0.05) is 24.4 Å². The molecule has 1 aliphatic heterocycles. The van der Waals surface area contributed by atoms with Gasteiger partial charge in [0.1, 0.15) is 0 Å². The van der Waals surface area contributed by atoms with Crippen molar-refractivity contribution in [3.63, 3.8) is 0 Å². The molecule has 2 heterocycles. The van der Waals surface area contributed by atoms with Gasteiger partial charge >= 0.3 is 6.03 Å². The molecule has 0 saturated carbocycles. The van der Waals surface area contributed by atoms with Gasteiger partial charge in [-0.2, -0.15) is 0 Å². The summed E-state index contributed by atoms with van der Waals surface area (Å²) >= 11 is 1.71. The number of urea groups is 1. The van der Waals surface area contributed by atoms with E-state index in [-0.39, 0.29) is 11.6 Å².